The van der Waals surface area contributed by atoms with Crippen molar-refractivity contribution in [3.05, 3.63) is 53.6 Å². The first-order valence-electron chi connectivity index (χ1n) is 5.88. The van der Waals surface area contributed by atoms with Gasteiger partial charge in [-0.05, 0) is 25.1 Å². The normalized spacial score (nSPS) is 10.2. The molecule has 0 spiro atoms. The van der Waals surface area contributed by atoms with Crippen molar-refractivity contribution in [2.45, 2.75) is 13.5 Å². The van der Waals surface area contributed by atoms with Gasteiger partial charge in [-0.15, -0.1) is 0 Å². The van der Waals surface area contributed by atoms with Gasteiger partial charge >= 0.3 is 0 Å². The number of nitrogens with two attached hydrogens (primary N) is 1. The van der Waals surface area contributed by atoms with Crippen LogP contribution in [0.2, 0.25) is 0 Å². The van der Waals surface area contributed by atoms with E-state index in [1.54, 1.807) is 42.5 Å². The van der Waals surface area contributed by atoms with Crippen molar-refractivity contribution in [2.75, 3.05) is 5.73 Å². The molecule has 0 aliphatic heterocycles. The van der Waals surface area contributed by atoms with E-state index in [4.69, 9.17) is 10.5 Å². The van der Waals surface area contributed by atoms with E-state index in [1.165, 1.54) is 6.92 Å². The molecular formula is C15H15NO3. The molecule has 0 bridgehead atoms. The summed E-state index contributed by atoms with van der Waals surface area (Å²) in [6, 6.07) is 12.0. The lowest BCUT2D eigenvalue weighted by Crippen LogP contribution is -1.99. The second kappa shape index (κ2) is 5.44. The van der Waals surface area contributed by atoms with Crippen molar-refractivity contribution < 1.29 is 14.6 Å². The Bertz CT molecular complexity index is 608. The summed E-state index contributed by atoms with van der Waals surface area (Å²) in [7, 11) is 0. The Morgan fingerprint density at radius 1 is 1.26 bits per heavy atom. The largest absolute Gasteiger partial charge is 0.505 e. The smallest absolute Gasteiger partial charge is 0.159 e. The van der Waals surface area contributed by atoms with Gasteiger partial charge in [0.05, 0.1) is 5.69 Å². The second-order valence-electron chi connectivity index (χ2n) is 4.23. The molecule has 0 unspecified atom stereocenters. The molecule has 98 valence electrons. The van der Waals surface area contributed by atoms with Crippen LogP contribution in [0.5, 0.6) is 11.5 Å². The van der Waals surface area contributed by atoms with Crippen molar-refractivity contribution in [1.82, 2.24) is 0 Å². The average Bonchev–Trinajstić information content (AvgIpc) is 2.41. The zero-order chi connectivity index (χ0) is 13.8. The molecule has 0 saturated heterocycles. The summed E-state index contributed by atoms with van der Waals surface area (Å²) >= 11 is 0. The first-order chi connectivity index (χ1) is 9.08. The van der Waals surface area contributed by atoms with Gasteiger partial charge in [-0.1, -0.05) is 24.3 Å². The van der Waals surface area contributed by atoms with Gasteiger partial charge in [-0.3, -0.25) is 4.79 Å². The molecule has 0 heterocycles. The number of para-hydroxylation sites is 1. The molecule has 0 atom stereocenters. The van der Waals surface area contributed by atoms with Gasteiger partial charge in [0.2, 0.25) is 0 Å². The topological polar surface area (TPSA) is 72.5 Å². The minimum atomic E-state index is -0.0164. The Labute approximate surface area is 111 Å². The highest BCUT2D eigenvalue weighted by Gasteiger charge is 2.06. The van der Waals surface area contributed by atoms with Crippen molar-refractivity contribution in [3.8, 4) is 11.5 Å². The number of aromatic hydroxyl groups is 1. The van der Waals surface area contributed by atoms with Gasteiger partial charge in [-0.25, -0.2) is 0 Å². The van der Waals surface area contributed by atoms with Crippen molar-refractivity contribution in [2.24, 2.45) is 0 Å². The number of anilines is 1. The minimum absolute atomic E-state index is 0.0164. The molecule has 19 heavy (non-hydrogen) atoms. The number of hydrogen-bond acceptors (Lipinski definition) is 4. The van der Waals surface area contributed by atoms with Crippen molar-refractivity contribution in [1.29, 1.82) is 0 Å². The van der Waals surface area contributed by atoms with E-state index < -0.39 is 0 Å². The summed E-state index contributed by atoms with van der Waals surface area (Å²) in [4.78, 5) is 11.3. The van der Waals surface area contributed by atoms with Gasteiger partial charge in [0, 0.05) is 11.1 Å². The van der Waals surface area contributed by atoms with Gasteiger partial charge in [0.1, 0.15) is 18.1 Å². The van der Waals surface area contributed by atoms with Gasteiger partial charge in [0.25, 0.3) is 0 Å². The summed E-state index contributed by atoms with van der Waals surface area (Å²) in [5.74, 6) is 0.594. The molecule has 3 N–H and O–H groups in total. The summed E-state index contributed by atoms with van der Waals surface area (Å²) < 4.78 is 5.55. The third-order valence-corrected chi connectivity index (χ3v) is 2.79. The van der Waals surface area contributed by atoms with E-state index in [9.17, 15) is 9.90 Å². The zero-order valence-corrected chi connectivity index (χ0v) is 10.6. The maximum absolute atomic E-state index is 11.3. The van der Waals surface area contributed by atoms with E-state index in [-0.39, 0.29) is 18.1 Å². The first-order valence-corrected chi connectivity index (χ1v) is 5.88. The number of benzene rings is 2. The fraction of sp³-hybridized carbons (Fsp3) is 0.133. The van der Waals surface area contributed by atoms with Crippen LogP contribution in [0.1, 0.15) is 22.8 Å². The number of carbonyl (C=O) groups is 1. The van der Waals surface area contributed by atoms with Crippen LogP contribution in [0.4, 0.5) is 5.69 Å². The quantitative estimate of drug-likeness (QED) is 0.502. The Morgan fingerprint density at radius 2 is 2.00 bits per heavy atom. The van der Waals surface area contributed by atoms with Crippen LogP contribution in [-0.2, 0) is 6.61 Å². The molecule has 2 rings (SSSR count). The molecular weight excluding hydrogens is 242 g/mol. The molecule has 0 aliphatic rings. The van der Waals surface area contributed by atoms with Crippen LogP contribution in [-0.4, -0.2) is 10.9 Å². The monoisotopic (exact) mass is 257 g/mol. The summed E-state index contributed by atoms with van der Waals surface area (Å²) in [6.07, 6.45) is 0. The third kappa shape index (κ3) is 3.04. The van der Waals surface area contributed by atoms with E-state index in [1.807, 2.05) is 0 Å². The van der Waals surface area contributed by atoms with E-state index in [2.05, 4.69) is 0 Å². The minimum Gasteiger partial charge on any atom is -0.505 e. The fourth-order valence-corrected chi connectivity index (χ4v) is 1.69. The molecule has 0 saturated carbocycles. The van der Waals surface area contributed by atoms with Crippen LogP contribution >= 0.6 is 0 Å². The summed E-state index contributed by atoms with van der Waals surface area (Å²) in [5.41, 5.74) is 7.12. The van der Waals surface area contributed by atoms with Gasteiger partial charge in [-0.2, -0.15) is 0 Å². The first kappa shape index (κ1) is 13.0. The maximum Gasteiger partial charge on any atom is 0.159 e. The standard InChI is InChI=1S/C15H15NO3/c1-10(17)11-4-2-6-13(8-11)19-9-12-5-3-7-14(16)15(12)18/h2-8,18H,9,16H2,1H3. The molecule has 4 heteroatoms. The molecule has 0 fully saturated rings. The molecule has 0 radical (unpaired) electrons. The molecule has 4 nitrogen and oxygen atoms in total. The Hall–Kier alpha value is -2.49. The van der Waals surface area contributed by atoms with Gasteiger partial charge < -0.3 is 15.6 Å². The molecule has 0 aromatic heterocycles. The predicted molar refractivity (Wildman–Crippen MR) is 73.3 cm³/mol. The zero-order valence-electron chi connectivity index (χ0n) is 10.6. The molecule has 2 aromatic carbocycles. The van der Waals surface area contributed by atoms with Crippen LogP contribution < -0.4 is 10.5 Å². The summed E-state index contributed by atoms with van der Waals surface area (Å²) in [6.45, 7) is 1.70. The van der Waals surface area contributed by atoms with E-state index in [0.29, 0.717) is 22.6 Å². The predicted octanol–water partition coefficient (Wildman–Crippen LogP) is 2.76. The fourth-order valence-electron chi connectivity index (χ4n) is 1.69. The lowest BCUT2D eigenvalue weighted by molar-refractivity contribution is 0.101. The number of carbonyl (C=O) groups excluding carboxylic acids is 1. The van der Waals surface area contributed by atoms with Gasteiger partial charge in [0.15, 0.2) is 5.78 Å². The Morgan fingerprint density at radius 3 is 2.74 bits per heavy atom. The van der Waals surface area contributed by atoms with Crippen LogP contribution in [0.15, 0.2) is 42.5 Å². The SMILES string of the molecule is CC(=O)c1cccc(OCc2cccc(N)c2O)c1. The number of Topliss-reactive ketones (excluding diaryl/α,β-unsaturated/α-hetero) is 1. The summed E-state index contributed by atoms with van der Waals surface area (Å²) in [5, 5.41) is 9.76. The van der Waals surface area contributed by atoms with Crippen molar-refractivity contribution >= 4 is 11.5 Å². The van der Waals surface area contributed by atoms with Crippen LogP contribution in [0, 0.1) is 0 Å². The maximum atomic E-state index is 11.3. The number of rotatable bonds is 4. The number of ketones is 1. The van der Waals surface area contributed by atoms with E-state index >= 15 is 0 Å². The lowest BCUT2D eigenvalue weighted by Gasteiger charge is -2.09. The van der Waals surface area contributed by atoms with Crippen LogP contribution in [0.25, 0.3) is 0 Å². The highest BCUT2D eigenvalue weighted by molar-refractivity contribution is 5.94. The average molecular weight is 257 g/mol. The van der Waals surface area contributed by atoms with E-state index in [0.717, 1.165) is 0 Å². The Kier molecular flexibility index (Phi) is 3.71. The highest BCUT2D eigenvalue weighted by atomic mass is 16.5. The molecule has 0 aliphatic carbocycles. The lowest BCUT2D eigenvalue weighted by atomic mass is 10.1. The highest BCUT2D eigenvalue weighted by Crippen LogP contribution is 2.25. The number of phenols is 1. The molecule has 2 aromatic rings. The number of ether oxygens (including phenoxy) is 1. The van der Waals surface area contributed by atoms with Crippen LogP contribution in [0.3, 0.4) is 0 Å². The number of hydrogen-bond donors (Lipinski definition) is 2. The Balaban J connectivity index is 2.12. The number of nitrogen functional groups attached to an aromatic ring is 1. The molecule has 0 amide bonds. The third-order valence-electron chi connectivity index (χ3n) is 2.79. The number of phenolic OH excluding ortho intramolecular Hbond substituents is 1. The second-order valence-corrected chi connectivity index (χ2v) is 4.23. The van der Waals surface area contributed by atoms with Crippen molar-refractivity contribution in [3.63, 3.8) is 0 Å².